The molecular weight excluding hydrogens is 767 g/mol. The van der Waals surface area contributed by atoms with E-state index in [1.54, 1.807) is 4.90 Å². The Morgan fingerprint density at radius 3 is 2.27 bits per heavy atom. The number of primary amides is 1. The van der Waals surface area contributed by atoms with Crippen molar-refractivity contribution < 1.29 is 28.8 Å². The highest BCUT2D eigenvalue weighted by Gasteiger charge is 2.56. The summed E-state index contributed by atoms with van der Waals surface area (Å²) in [7, 11) is 1.86. The molecule has 334 valence electrons. The summed E-state index contributed by atoms with van der Waals surface area (Å²) in [5, 5.41) is 13.0. The van der Waals surface area contributed by atoms with Crippen molar-refractivity contribution in [3.05, 3.63) is 0 Å². The van der Waals surface area contributed by atoms with Gasteiger partial charge in [0.1, 0.15) is 12.1 Å². The fourth-order valence-corrected chi connectivity index (χ4v) is 12.4. The molecule has 0 spiro atoms. The highest BCUT2D eigenvalue weighted by atomic mass is 16.2. The molecule has 8 N–H and O–H groups in total. The number of nitrogens with zero attached hydrogens (tertiary/aromatic N) is 5. The second-order valence-electron chi connectivity index (χ2n) is 19.7. The van der Waals surface area contributed by atoms with Crippen molar-refractivity contribution in [2.24, 2.45) is 41.1 Å². The van der Waals surface area contributed by atoms with E-state index in [0.29, 0.717) is 24.9 Å². The second kappa shape index (κ2) is 19.0. The molecule has 0 aromatic heterocycles. The number of fused-ring (bicyclic) bond motifs is 1. The van der Waals surface area contributed by atoms with Crippen molar-refractivity contribution in [1.29, 1.82) is 0 Å². The van der Waals surface area contributed by atoms with E-state index in [4.69, 9.17) is 11.5 Å². The molecule has 0 bridgehead atoms. The smallest absolute Gasteiger partial charge is 0.320 e. The number of piperidine rings is 3. The summed E-state index contributed by atoms with van der Waals surface area (Å²) in [6, 6.07) is -0.593. The molecule has 8 rings (SSSR count). The number of hydrogen-bond donors (Lipinski definition) is 6. The molecule has 5 aliphatic heterocycles. The van der Waals surface area contributed by atoms with Gasteiger partial charge in [-0.2, -0.15) is 0 Å². The number of likely N-dealkylation sites (tertiary alicyclic amines) is 3. The van der Waals surface area contributed by atoms with Crippen molar-refractivity contribution in [2.75, 3.05) is 66.0 Å². The van der Waals surface area contributed by atoms with Crippen LogP contribution < -0.4 is 32.7 Å². The van der Waals surface area contributed by atoms with Crippen LogP contribution in [0.2, 0.25) is 0 Å². The third kappa shape index (κ3) is 9.55. The minimum atomic E-state index is -0.874. The van der Waals surface area contributed by atoms with Gasteiger partial charge in [0.25, 0.3) is 0 Å². The molecule has 0 aromatic rings. The Bertz CT molecular complexity index is 1600. The molecule has 8 aliphatic rings. The number of carbonyl (C=O) groups is 6. The lowest BCUT2D eigenvalue weighted by molar-refractivity contribution is -0.151. The lowest BCUT2D eigenvalue weighted by atomic mass is 9.73. The molecule has 7 amide bonds. The van der Waals surface area contributed by atoms with E-state index in [0.717, 1.165) is 116 Å². The van der Waals surface area contributed by atoms with Gasteiger partial charge in [0.15, 0.2) is 0 Å². The summed E-state index contributed by atoms with van der Waals surface area (Å²) in [6.07, 6.45) is 13.4. The van der Waals surface area contributed by atoms with Gasteiger partial charge >= 0.3 is 6.03 Å². The normalized spacial score (nSPS) is 36.0. The molecule has 5 heterocycles. The molecule has 5 unspecified atom stereocenters. The van der Waals surface area contributed by atoms with Crippen LogP contribution in [0.3, 0.4) is 0 Å². The number of carbonyl (C=O) groups excluding carboxylic acids is 6. The van der Waals surface area contributed by atoms with E-state index in [9.17, 15) is 28.8 Å². The minimum Gasteiger partial charge on any atom is -0.368 e. The molecule has 8 fully saturated rings. The van der Waals surface area contributed by atoms with Crippen molar-refractivity contribution in [3.8, 4) is 0 Å². The van der Waals surface area contributed by atoms with Crippen molar-refractivity contribution in [1.82, 2.24) is 45.8 Å². The molecule has 5 saturated heterocycles. The first-order chi connectivity index (χ1) is 28.9. The monoisotopic (exact) mass is 838 g/mol. The molecule has 3 aliphatic carbocycles. The standard InChI is InChI=1S/C43H71N11O6/c1-50-20-21-53(43(50)60)31-4-3-16-51(25-31)19-15-46-37(39(45)56)38(44)48-29-9-7-27(8-10-29)28-13-17-52(18-14-28)24-26-22-30(23-26)47-33-6-2-5-32-36(33)42(59)54(41(32)58)34-11-12-35(55)49-40(34)57/h26-34,36-38,46-48H,2-25,44H2,1H3,(H2,45,56)(H,49,55,57)/t26?,27?,29?,30?,31-,32?,33?,34-,36?,37?,38?/m1/s1. The van der Waals surface area contributed by atoms with Crippen LogP contribution in [0, 0.1) is 29.6 Å². The van der Waals surface area contributed by atoms with Crippen LogP contribution in [0.25, 0.3) is 0 Å². The van der Waals surface area contributed by atoms with E-state index in [1.807, 2.05) is 11.9 Å². The van der Waals surface area contributed by atoms with Gasteiger partial charge in [-0.3, -0.25) is 39.5 Å². The molecule has 17 heteroatoms. The van der Waals surface area contributed by atoms with Crippen LogP contribution in [0.5, 0.6) is 0 Å². The minimum absolute atomic E-state index is 0.0522. The summed E-state index contributed by atoms with van der Waals surface area (Å²) in [4.78, 5) is 86.3. The van der Waals surface area contributed by atoms with Gasteiger partial charge in [-0.05, 0) is 121 Å². The van der Waals surface area contributed by atoms with Gasteiger partial charge in [-0.1, -0.05) is 6.42 Å². The third-order valence-corrected chi connectivity index (χ3v) is 15.8. The molecule has 3 saturated carbocycles. The quantitative estimate of drug-likeness (QED) is 0.0929. The van der Waals surface area contributed by atoms with Gasteiger partial charge in [-0.15, -0.1) is 0 Å². The summed E-state index contributed by atoms with van der Waals surface area (Å²) in [6.45, 7) is 8.18. The first-order valence-electron chi connectivity index (χ1n) is 23.4. The second-order valence-corrected chi connectivity index (χ2v) is 19.7. The largest absolute Gasteiger partial charge is 0.368 e. The van der Waals surface area contributed by atoms with Crippen LogP contribution in [0.1, 0.15) is 96.3 Å². The van der Waals surface area contributed by atoms with Crippen molar-refractivity contribution >= 4 is 35.6 Å². The van der Waals surface area contributed by atoms with Crippen LogP contribution in [0.4, 0.5) is 4.79 Å². The first kappa shape index (κ1) is 43.4. The summed E-state index contributed by atoms with van der Waals surface area (Å²) >= 11 is 0. The Morgan fingerprint density at radius 1 is 0.817 bits per heavy atom. The Kier molecular flexibility index (Phi) is 13.8. The predicted molar refractivity (Wildman–Crippen MR) is 223 cm³/mol. The van der Waals surface area contributed by atoms with E-state index < -0.39 is 36.0 Å². The third-order valence-electron chi connectivity index (χ3n) is 15.8. The Hall–Kier alpha value is -3.22. The van der Waals surface area contributed by atoms with Crippen LogP contribution in [0.15, 0.2) is 0 Å². The van der Waals surface area contributed by atoms with Crippen molar-refractivity contribution in [3.63, 3.8) is 0 Å². The molecule has 7 atom stereocenters. The molecular formula is C43H71N11O6. The van der Waals surface area contributed by atoms with E-state index in [-0.39, 0.29) is 60.6 Å². The van der Waals surface area contributed by atoms with Crippen LogP contribution in [-0.2, 0) is 24.0 Å². The van der Waals surface area contributed by atoms with Crippen LogP contribution in [-0.4, -0.2) is 168 Å². The fraction of sp³-hybridized carbons (Fsp3) is 0.860. The van der Waals surface area contributed by atoms with Gasteiger partial charge in [0.05, 0.1) is 18.0 Å². The van der Waals surface area contributed by atoms with E-state index in [1.165, 1.54) is 30.6 Å². The number of nitrogens with two attached hydrogens (primary N) is 2. The molecule has 0 radical (unpaired) electrons. The number of imide groups is 2. The number of urea groups is 1. The van der Waals surface area contributed by atoms with Gasteiger partial charge in [0.2, 0.25) is 29.5 Å². The molecule has 0 aromatic carbocycles. The van der Waals surface area contributed by atoms with Crippen LogP contribution >= 0.6 is 0 Å². The fourth-order valence-electron chi connectivity index (χ4n) is 12.4. The maximum Gasteiger partial charge on any atom is 0.320 e. The number of likely N-dealkylation sites (N-methyl/N-ethyl adjacent to an activating group) is 1. The average molecular weight is 838 g/mol. The Morgan fingerprint density at radius 2 is 1.57 bits per heavy atom. The zero-order valence-corrected chi connectivity index (χ0v) is 35.7. The first-order valence-corrected chi connectivity index (χ1v) is 23.4. The summed E-state index contributed by atoms with van der Waals surface area (Å²) in [5.41, 5.74) is 12.4. The SMILES string of the molecule is CN1CCN([C@@H]2CCCN(CCNC(C(N)=O)C(N)NC3CCC(C4CCN(CC5CC(NC6CCCC7C(=O)N([C@@H]8CCC(=O)NC8=O)C(=O)C67)C5)CC4)CC3)C2)C1=O. The predicted octanol–water partition coefficient (Wildman–Crippen LogP) is -0.266. The summed E-state index contributed by atoms with van der Waals surface area (Å²) < 4.78 is 0. The van der Waals surface area contributed by atoms with Gasteiger partial charge in [0, 0.05) is 76.9 Å². The van der Waals surface area contributed by atoms with Gasteiger partial charge < -0.3 is 41.7 Å². The maximum absolute atomic E-state index is 13.6. The molecule has 60 heavy (non-hydrogen) atoms. The highest BCUT2D eigenvalue weighted by Crippen LogP contribution is 2.42. The number of rotatable bonds is 15. The summed E-state index contributed by atoms with van der Waals surface area (Å²) in [5.74, 6) is -0.493. The van der Waals surface area contributed by atoms with Crippen molar-refractivity contribution in [2.45, 2.75) is 139 Å². The van der Waals surface area contributed by atoms with E-state index in [2.05, 4.69) is 31.1 Å². The number of amides is 7. The number of hydrogen-bond acceptors (Lipinski definition) is 12. The highest BCUT2D eigenvalue weighted by molar-refractivity contribution is 6.11. The lowest BCUT2D eigenvalue weighted by Crippen LogP contribution is -2.62. The average Bonchev–Trinajstić information content (AvgIpc) is 3.69. The number of nitrogens with one attached hydrogen (secondary N) is 4. The topological polar surface area (TPSA) is 219 Å². The molecule has 17 nitrogen and oxygen atoms in total. The van der Waals surface area contributed by atoms with Gasteiger partial charge in [-0.25, -0.2) is 4.79 Å². The lowest BCUT2D eigenvalue weighted by Gasteiger charge is -2.45. The van der Waals surface area contributed by atoms with E-state index >= 15 is 0 Å². The zero-order valence-electron chi connectivity index (χ0n) is 35.7. The Balaban J connectivity index is 0.704. The zero-order chi connectivity index (χ0) is 42.1. The maximum atomic E-state index is 13.6. The Labute approximate surface area is 355 Å².